The second-order valence-electron chi connectivity index (χ2n) is 3.01. The van der Waals surface area contributed by atoms with Crippen LogP contribution in [0.1, 0.15) is 25.2 Å². The molecule has 0 aliphatic carbocycles. The second-order valence-corrected chi connectivity index (χ2v) is 3.01. The molecule has 1 aromatic carbocycles. The molecule has 1 heterocycles. The standard InChI is InChI=1S/C10H11N3.C2H6/c1-8-9(2)13(12-11-8)10-6-4-3-5-7-10;1-2/h3-7H,1-2H3;1-2H3. The Morgan fingerprint density at radius 1 is 1.00 bits per heavy atom. The van der Waals surface area contributed by atoms with Crippen LogP contribution in [-0.4, -0.2) is 15.0 Å². The fourth-order valence-electron chi connectivity index (χ4n) is 1.22. The van der Waals surface area contributed by atoms with Crippen molar-refractivity contribution >= 4 is 0 Å². The zero-order valence-corrected chi connectivity index (χ0v) is 9.73. The molecule has 15 heavy (non-hydrogen) atoms. The van der Waals surface area contributed by atoms with Gasteiger partial charge in [0.25, 0.3) is 0 Å². The van der Waals surface area contributed by atoms with E-state index in [1.807, 2.05) is 62.7 Å². The highest BCUT2D eigenvalue weighted by molar-refractivity contribution is 5.32. The van der Waals surface area contributed by atoms with Gasteiger partial charge < -0.3 is 0 Å². The Hall–Kier alpha value is -1.64. The van der Waals surface area contributed by atoms with Crippen LogP contribution in [0.25, 0.3) is 5.69 Å². The average Bonchev–Trinajstić information content (AvgIpc) is 2.64. The van der Waals surface area contributed by atoms with Crippen molar-refractivity contribution in [1.82, 2.24) is 15.0 Å². The summed E-state index contributed by atoms with van der Waals surface area (Å²) in [5, 5.41) is 8.06. The van der Waals surface area contributed by atoms with Crippen molar-refractivity contribution in [2.24, 2.45) is 0 Å². The number of hydrogen-bond donors (Lipinski definition) is 0. The summed E-state index contributed by atoms with van der Waals surface area (Å²) in [7, 11) is 0. The Morgan fingerprint density at radius 3 is 2.07 bits per heavy atom. The molecule has 0 unspecified atom stereocenters. The lowest BCUT2D eigenvalue weighted by atomic mass is 10.3. The van der Waals surface area contributed by atoms with Crippen LogP contribution in [0.5, 0.6) is 0 Å². The fourth-order valence-corrected chi connectivity index (χ4v) is 1.22. The molecule has 0 bridgehead atoms. The summed E-state index contributed by atoms with van der Waals surface area (Å²) >= 11 is 0. The van der Waals surface area contributed by atoms with Crippen LogP contribution < -0.4 is 0 Å². The molecule has 3 heteroatoms. The van der Waals surface area contributed by atoms with Crippen LogP contribution in [0.3, 0.4) is 0 Å². The highest BCUT2D eigenvalue weighted by atomic mass is 15.4. The molecule has 0 saturated carbocycles. The van der Waals surface area contributed by atoms with Crippen molar-refractivity contribution in [1.29, 1.82) is 0 Å². The maximum absolute atomic E-state index is 4.05. The molecule has 1 aromatic heterocycles. The number of nitrogens with zero attached hydrogens (tertiary/aromatic N) is 3. The molecule has 0 spiro atoms. The number of rotatable bonds is 1. The second kappa shape index (κ2) is 5.29. The third-order valence-corrected chi connectivity index (χ3v) is 2.13. The van der Waals surface area contributed by atoms with Crippen LogP contribution >= 0.6 is 0 Å². The maximum Gasteiger partial charge on any atom is 0.0830 e. The number of benzene rings is 1. The molecule has 2 rings (SSSR count). The molecule has 0 amide bonds. The van der Waals surface area contributed by atoms with Crippen molar-refractivity contribution in [2.45, 2.75) is 27.7 Å². The van der Waals surface area contributed by atoms with Gasteiger partial charge in [-0.1, -0.05) is 37.3 Å². The predicted molar refractivity (Wildman–Crippen MR) is 62.2 cm³/mol. The monoisotopic (exact) mass is 203 g/mol. The van der Waals surface area contributed by atoms with Crippen molar-refractivity contribution < 1.29 is 0 Å². The average molecular weight is 203 g/mol. The quantitative estimate of drug-likeness (QED) is 0.713. The molecule has 0 saturated heterocycles. The molecule has 2 aromatic rings. The topological polar surface area (TPSA) is 30.7 Å². The summed E-state index contributed by atoms with van der Waals surface area (Å²) in [6, 6.07) is 10.0. The Labute approximate surface area is 90.7 Å². The Bertz CT molecular complexity index is 404. The molecule has 80 valence electrons. The Balaban J connectivity index is 0.000000531. The first-order chi connectivity index (χ1) is 7.29. The molecular formula is C12H17N3. The van der Waals surface area contributed by atoms with E-state index in [0.717, 1.165) is 17.1 Å². The van der Waals surface area contributed by atoms with Gasteiger partial charge in [-0.15, -0.1) is 5.10 Å². The first kappa shape index (κ1) is 11.4. The fraction of sp³-hybridized carbons (Fsp3) is 0.333. The zero-order chi connectivity index (χ0) is 11.3. The summed E-state index contributed by atoms with van der Waals surface area (Å²) < 4.78 is 1.84. The number of aryl methyl sites for hydroxylation is 1. The SMILES string of the molecule is CC.Cc1nnn(-c2ccccc2)c1C. The predicted octanol–water partition coefficient (Wildman–Crippen LogP) is 2.91. The molecule has 0 aliphatic heterocycles. The minimum Gasteiger partial charge on any atom is -0.218 e. The van der Waals surface area contributed by atoms with Crippen LogP contribution in [0.2, 0.25) is 0 Å². The summed E-state index contributed by atoms with van der Waals surface area (Å²) in [5.41, 5.74) is 3.12. The highest BCUT2D eigenvalue weighted by Gasteiger charge is 2.04. The number of para-hydroxylation sites is 1. The van der Waals surface area contributed by atoms with Crippen LogP contribution in [-0.2, 0) is 0 Å². The third-order valence-electron chi connectivity index (χ3n) is 2.13. The van der Waals surface area contributed by atoms with Gasteiger partial charge in [0.1, 0.15) is 0 Å². The molecule has 0 radical (unpaired) electrons. The van der Waals surface area contributed by atoms with Crippen molar-refractivity contribution in [3.8, 4) is 5.69 Å². The first-order valence-corrected chi connectivity index (χ1v) is 5.23. The first-order valence-electron chi connectivity index (χ1n) is 5.23. The van der Waals surface area contributed by atoms with Gasteiger partial charge in [0, 0.05) is 0 Å². The van der Waals surface area contributed by atoms with Crippen molar-refractivity contribution in [3.63, 3.8) is 0 Å². The smallest absolute Gasteiger partial charge is 0.0830 e. The van der Waals surface area contributed by atoms with Gasteiger partial charge >= 0.3 is 0 Å². The zero-order valence-electron chi connectivity index (χ0n) is 9.73. The highest BCUT2D eigenvalue weighted by Crippen LogP contribution is 2.09. The minimum absolute atomic E-state index is 0.976. The lowest BCUT2D eigenvalue weighted by Crippen LogP contribution is -1.98. The molecule has 0 aliphatic rings. The van der Waals surface area contributed by atoms with E-state index in [1.165, 1.54) is 0 Å². The normalized spacial score (nSPS) is 9.33. The van der Waals surface area contributed by atoms with Gasteiger partial charge in [-0.2, -0.15) is 0 Å². The van der Waals surface area contributed by atoms with E-state index in [1.54, 1.807) is 0 Å². The van der Waals surface area contributed by atoms with Crippen LogP contribution in [0.15, 0.2) is 30.3 Å². The molecule has 3 nitrogen and oxygen atoms in total. The van der Waals surface area contributed by atoms with Gasteiger partial charge in [0.05, 0.1) is 17.1 Å². The molecule has 0 atom stereocenters. The van der Waals surface area contributed by atoms with Crippen molar-refractivity contribution in [2.75, 3.05) is 0 Å². The van der Waals surface area contributed by atoms with E-state index in [-0.39, 0.29) is 0 Å². The van der Waals surface area contributed by atoms with Crippen molar-refractivity contribution in [3.05, 3.63) is 41.7 Å². The van der Waals surface area contributed by atoms with Gasteiger partial charge in [-0.25, -0.2) is 4.68 Å². The summed E-state index contributed by atoms with van der Waals surface area (Å²) in [6.07, 6.45) is 0. The molecule has 0 N–H and O–H groups in total. The largest absolute Gasteiger partial charge is 0.218 e. The van der Waals surface area contributed by atoms with Gasteiger partial charge in [-0.3, -0.25) is 0 Å². The van der Waals surface area contributed by atoms with Crippen LogP contribution in [0.4, 0.5) is 0 Å². The number of hydrogen-bond acceptors (Lipinski definition) is 2. The lowest BCUT2D eigenvalue weighted by molar-refractivity contribution is 0.784. The van der Waals surface area contributed by atoms with Gasteiger partial charge in [0.15, 0.2) is 0 Å². The Morgan fingerprint density at radius 2 is 1.60 bits per heavy atom. The van der Waals surface area contributed by atoms with E-state index in [2.05, 4.69) is 10.3 Å². The van der Waals surface area contributed by atoms with Gasteiger partial charge in [-0.05, 0) is 26.0 Å². The maximum atomic E-state index is 4.05. The van der Waals surface area contributed by atoms with E-state index < -0.39 is 0 Å². The third kappa shape index (κ3) is 2.43. The van der Waals surface area contributed by atoms with E-state index >= 15 is 0 Å². The summed E-state index contributed by atoms with van der Waals surface area (Å²) in [4.78, 5) is 0. The number of aromatic nitrogens is 3. The molecular weight excluding hydrogens is 186 g/mol. The lowest BCUT2D eigenvalue weighted by Gasteiger charge is -2.01. The van der Waals surface area contributed by atoms with E-state index in [4.69, 9.17) is 0 Å². The Kier molecular flexibility index (Phi) is 4.03. The van der Waals surface area contributed by atoms with E-state index in [0.29, 0.717) is 0 Å². The molecule has 0 fully saturated rings. The van der Waals surface area contributed by atoms with Crippen LogP contribution in [0, 0.1) is 13.8 Å². The van der Waals surface area contributed by atoms with E-state index in [9.17, 15) is 0 Å². The summed E-state index contributed by atoms with van der Waals surface area (Å²) in [5.74, 6) is 0. The van der Waals surface area contributed by atoms with Gasteiger partial charge in [0.2, 0.25) is 0 Å². The minimum atomic E-state index is 0.976. The summed E-state index contributed by atoms with van der Waals surface area (Å²) in [6.45, 7) is 7.98.